The highest BCUT2D eigenvalue weighted by Crippen LogP contribution is 2.31. The fourth-order valence-corrected chi connectivity index (χ4v) is 2.54. The Morgan fingerprint density at radius 2 is 2.11 bits per heavy atom. The largest absolute Gasteiger partial charge is 0.507 e. The summed E-state index contributed by atoms with van der Waals surface area (Å²) < 4.78 is 5.04. The molecule has 102 valence electrons. The second-order valence-corrected chi connectivity index (χ2v) is 4.89. The van der Waals surface area contributed by atoms with Crippen LogP contribution in [0, 0.1) is 5.92 Å². The number of aromatic hydroxyl groups is 1. The molecule has 0 heterocycles. The SMILES string of the molecule is CCOC(=O)C1CCc2cc(O)c(C(C)=O)cc2C1. The number of fused-ring (bicyclic) bond motifs is 1. The van der Waals surface area contributed by atoms with E-state index in [0.717, 1.165) is 24.0 Å². The first-order valence-electron chi connectivity index (χ1n) is 6.55. The molecule has 0 saturated heterocycles. The third kappa shape index (κ3) is 2.78. The lowest BCUT2D eigenvalue weighted by molar-refractivity contribution is -0.148. The number of carbonyl (C=O) groups excluding carboxylic acids is 2. The number of rotatable bonds is 3. The van der Waals surface area contributed by atoms with E-state index in [4.69, 9.17) is 4.74 Å². The van der Waals surface area contributed by atoms with Gasteiger partial charge in [0.15, 0.2) is 5.78 Å². The van der Waals surface area contributed by atoms with Gasteiger partial charge in [0, 0.05) is 0 Å². The number of hydrogen-bond donors (Lipinski definition) is 1. The monoisotopic (exact) mass is 262 g/mol. The number of ether oxygens (including phenoxy) is 1. The number of Topliss-reactive ketones (excluding diaryl/α,β-unsaturated/α-hetero) is 1. The Morgan fingerprint density at radius 1 is 1.37 bits per heavy atom. The minimum Gasteiger partial charge on any atom is -0.507 e. The number of carbonyl (C=O) groups is 2. The zero-order valence-corrected chi connectivity index (χ0v) is 11.2. The average Bonchev–Trinajstić information content (AvgIpc) is 2.37. The van der Waals surface area contributed by atoms with Crippen LogP contribution in [-0.2, 0) is 22.4 Å². The molecule has 0 aromatic heterocycles. The number of ketones is 1. The Morgan fingerprint density at radius 3 is 2.74 bits per heavy atom. The molecule has 4 heteroatoms. The molecule has 19 heavy (non-hydrogen) atoms. The first-order valence-corrected chi connectivity index (χ1v) is 6.55. The molecule has 0 saturated carbocycles. The normalized spacial score (nSPS) is 17.7. The fraction of sp³-hybridized carbons (Fsp3) is 0.467. The Labute approximate surface area is 112 Å². The maximum Gasteiger partial charge on any atom is 0.309 e. The minimum absolute atomic E-state index is 0.0286. The van der Waals surface area contributed by atoms with Crippen LogP contribution in [0.15, 0.2) is 12.1 Å². The van der Waals surface area contributed by atoms with Crippen LogP contribution in [0.3, 0.4) is 0 Å². The molecule has 1 aliphatic rings. The van der Waals surface area contributed by atoms with Gasteiger partial charge in [0.2, 0.25) is 0 Å². The summed E-state index contributed by atoms with van der Waals surface area (Å²) in [7, 11) is 0. The molecule has 1 aromatic carbocycles. The van der Waals surface area contributed by atoms with Crippen LogP contribution < -0.4 is 0 Å². The van der Waals surface area contributed by atoms with Gasteiger partial charge < -0.3 is 9.84 Å². The van der Waals surface area contributed by atoms with Gasteiger partial charge in [-0.1, -0.05) is 0 Å². The number of phenols is 1. The Bertz CT molecular complexity index is 519. The smallest absolute Gasteiger partial charge is 0.309 e. The molecule has 0 radical (unpaired) electrons. The minimum atomic E-state index is -0.175. The van der Waals surface area contributed by atoms with E-state index in [9.17, 15) is 14.7 Å². The lowest BCUT2D eigenvalue weighted by Crippen LogP contribution is -2.24. The summed E-state index contributed by atoms with van der Waals surface area (Å²) >= 11 is 0. The number of hydrogen-bond acceptors (Lipinski definition) is 4. The molecule has 0 fully saturated rings. The highest BCUT2D eigenvalue weighted by atomic mass is 16.5. The van der Waals surface area contributed by atoms with Crippen LogP contribution >= 0.6 is 0 Å². The summed E-state index contributed by atoms with van der Waals surface area (Å²) in [6.45, 7) is 3.60. The molecule has 1 unspecified atom stereocenters. The summed E-state index contributed by atoms with van der Waals surface area (Å²) in [5, 5.41) is 9.78. The van der Waals surface area contributed by atoms with Crippen LogP contribution in [0.25, 0.3) is 0 Å². The Hall–Kier alpha value is -1.84. The van der Waals surface area contributed by atoms with Crippen molar-refractivity contribution >= 4 is 11.8 Å². The topological polar surface area (TPSA) is 63.6 Å². The average molecular weight is 262 g/mol. The van der Waals surface area contributed by atoms with Crippen molar-refractivity contribution in [2.24, 2.45) is 5.92 Å². The second kappa shape index (κ2) is 5.43. The number of benzene rings is 1. The van der Waals surface area contributed by atoms with Crippen LogP contribution in [0.4, 0.5) is 0 Å². The van der Waals surface area contributed by atoms with Crippen molar-refractivity contribution in [2.45, 2.75) is 33.1 Å². The molecule has 0 spiro atoms. The van der Waals surface area contributed by atoms with Gasteiger partial charge >= 0.3 is 5.97 Å². The summed E-state index contributed by atoms with van der Waals surface area (Å²) in [6.07, 6.45) is 2.03. The van der Waals surface area contributed by atoms with E-state index in [-0.39, 0.29) is 23.4 Å². The van der Waals surface area contributed by atoms with E-state index in [1.165, 1.54) is 6.92 Å². The zero-order chi connectivity index (χ0) is 14.0. The highest BCUT2D eigenvalue weighted by molar-refractivity contribution is 5.97. The van der Waals surface area contributed by atoms with Crippen molar-refractivity contribution in [3.05, 3.63) is 28.8 Å². The third-order valence-corrected chi connectivity index (χ3v) is 3.55. The van der Waals surface area contributed by atoms with E-state index in [2.05, 4.69) is 0 Å². The van der Waals surface area contributed by atoms with Gasteiger partial charge in [-0.15, -0.1) is 0 Å². The summed E-state index contributed by atoms with van der Waals surface area (Å²) in [5.74, 6) is -0.457. The third-order valence-electron chi connectivity index (χ3n) is 3.55. The van der Waals surface area contributed by atoms with E-state index in [0.29, 0.717) is 18.6 Å². The molecule has 1 aromatic rings. The molecule has 1 atom stereocenters. The summed E-state index contributed by atoms with van der Waals surface area (Å²) in [4.78, 5) is 23.2. The lowest BCUT2D eigenvalue weighted by Gasteiger charge is -2.23. The van der Waals surface area contributed by atoms with Crippen LogP contribution in [0.1, 0.15) is 41.8 Å². The van der Waals surface area contributed by atoms with Crippen molar-refractivity contribution in [1.29, 1.82) is 0 Å². The van der Waals surface area contributed by atoms with Crippen LogP contribution in [-0.4, -0.2) is 23.5 Å². The molecule has 4 nitrogen and oxygen atoms in total. The van der Waals surface area contributed by atoms with Gasteiger partial charge in [0.1, 0.15) is 5.75 Å². The zero-order valence-electron chi connectivity index (χ0n) is 11.2. The predicted molar refractivity (Wildman–Crippen MR) is 70.3 cm³/mol. The highest BCUT2D eigenvalue weighted by Gasteiger charge is 2.27. The summed E-state index contributed by atoms with van der Waals surface area (Å²) in [5.41, 5.74) is 2.30. The van der Waals surface area contributed by atoms with Gasteiger partial charge in [-0.2, -0.15) is 0 Å². The van der Waals surface area contributed by atoms with E-state index in [1.54, 1.807) is 19.1 Å². The van der Waals surface area contributed by atoms with Gasteiger partial charge in [-0.3, -0.25) is 9.59 Å². The van der Waals surface area contributed by atoms with Crippen molar-refractivity contribution in [3.8, 4) is 5.75 Å². The van der Waals surface area contributed by atoms with Crippen molar-refractivity contribution in [2.75, 3.05) is 6.61 Å². The standard InChI is InChI=1S/C15H18O4/c1-3-19-15(18)11-5-4-10-8-14(17)13(9(2)16)7-12(10)6-11/h7-8,11,17H,3-6H2,1-2H3. The maximum atomic E-state index is 11.8. The molecule has 0 aliphatic heterocycles. The maximum absolute atomic E-state index is 11.8. The molecule has 2 rings (SSSR count). The molecular weight excluding hydrogens is 244 g/mol. The molecular formula is C15H18O4. The van der Waals surface area contributed by atoms with Crippen molar-refractivity contribution in [3.63, 3.8) is 0 Å². The molecule has 0 amide bonds. The van der Waals surface area contributed by atoms with Gasteiger partial charge in [0.05, 0.1) is 18.1 Å². The fourth-order valence-electron chi connectivity index (χ4n) is 2.54. The van der Waals surface area contributed by atoms with Crippen LogP contribution in [0.2, 0.25) is 0 Å². The predicted octanol–water partition coefficient (Wildman–Crippen LogP) is 2.26. The first kappa shape index (κ1) is 13.6. The van der Waals surface area contributed by atoms with E-state index in [1.807, 2.05) is 0 Å². The first-order chi connectivity index (χ1) is 9.02. The van der Waals surface area contributed by atoms with Gasteiger partial charge in [-0.05, 0) is 56.4 Å². The van der Waals surface area contributed by atoms with Crippen molar-refractivity contribution in [1.82, 2.24) is 0 Å². The number of esters is 1. The lowest BCUT2D eigenvalue weighted by atomic mass is 9.82. The van der Waals surface area contributed by atoms with Gasteiger partial charge in [-0.25, -0.2) is 0 Å². The molecule has 0 bridgehead atoms. The Kier molecular flexibility index (Phi) is 3.88. The summed E-state index contributed by atoms with van der Waals surface area (Å²) in [6, 6.07) is 3.35. The van der Waals surface area contributed by atoms with Crippen molar-refractivity contribution < 1.29 is 19.4 Å². The van der Waals surface area contributed by atoms with E-state index < -0.39 is 0 Å². The van der Waals surface area contributed by atoms with Gasteiger partial charge in [0.25, 0.3) is 0 Å². The molecule has 1 aliphatic carbocycles. The van der Waals surface area contributed by atoms with E-state index >= 15 is 0 Å². The number of aryl methyl sites for hydroxylation is 1. The Balaban J connectivity index is 2.26. The second-order valence-electron chi connectivity index (χ2n) is 4.89. The van der Waals surface area contributed by atoms with Crippen LogP contribution in [0.5, 0.6) is 5.75 Å². The number of phenolic OH excluding ortho intramolecular Hbond substituents is 1. The quantitative estimate of drug-likeness (QED) is 0.670. The molecule has 1 N–H and O–H groups in total.